The van der Waals surface area contributed by atoms with E-state index in [0.29, 0.717) is 6.54 Å². The van der Waals surface area contributed by atoms with Gasteiger partial charge in [-0.25, -0.2) is 17.9 Å². The summed E-state index contributed by atoms with van der Waals surface area (Å²) in [5, 5.41) is 2.91. The number of carbonyl (C=O) groups excluding carboxylic acids is 1. The summed E-state index contributed by atoms with van der Waals surface area (Å²) in [4.78, 5) is 14.8. The number of fused-ring (bicyclic) bond motifs is 2. The van der Waals surface area contributed by atoms with Crippen LogP contribution in [0.4, 0.5) is 10.5 Å². The standard InChI is InChI=1S/C22H35N3O3S/c1-5-12-25(4)14-22(2,3)15-29(27,28)24-21(26)23-20-18-10-6-8-16(18)13-17-9-7-11-19(17)20/h13H,5-12,14-15H2,1-4H3,(H2,23,24,26). The first-order valence-corrected chi connectivity index (χ1v) is 12.4. The number of hydrogen-bond acceptors (Lipinski definition) is 4. The fraction of sp³-hybridized carbons (Fsp3) is 0.682. The molecule has 0 radical (unpaired) electrons. The molecule has 0 unspecified atom stereocenters. The number of nitrogens with zero attached hydrogens (tertiary/aromatic N) is 1. The molecule has 0 bridgehead atoms. The van der Waals surface area contributed by atoms with E-state index in [1.807, 2.05) is 20.9 Å². The van der Waals surface area contributed by atoms with E-state index in [0.717, 1.165) is 57.2 Å². The second kappa shape index (κ2) is 8.64. The Morgan fingerprint density at radius 2 is 1.69 bits per heavy atom. The summed E-state index contributed by atoms with van der Waals surface area (Å²) in [7, 11) is -1.74. The van der Waals surface area contributed by atoms with E-state index in [9.17, 15) is 13.2 Å². The molecule has 0 saturated carbocycles. The third-order valence-electron chi connectivity index (χ3n) is 5.84. The fourth-order valence-corrected chi connectivity index (χ4v) is 6.56. The first kappa shape index (κ1) is 22.1. The predicted molar refractivity (Wildman–Crippen MR) is 118 cm³/mol. The van der Waals surface area contributed by atoms with E-state index >= 15 is 0 Å². The van der Waals surface area contributed by atoms with E-state index < -0.39 is 21.5 Å². The van der Waals surface area contributed by atoms with Crippen LogP contribution in [0.2, 0.25) is 0 Å². The normalized spacial score (nSPS) is 16.0. The molecule has 0 fully saturated rings. The van der Waals surface area contributed by atoms with Gasteiger partial charge in [-0.3, -0.25) is 0 Å². The second-order valence-electron chi connectivity index (χ2n) is 9.45. The Bertz CT molecular complexity index is 846. The van der Waals surface area contributed by atoms with Crippen LogP contribution in [-0.2, 0) is 35.7 Å². The van der Waals surface area contributed by atoms with E-state index in [2.05, 4.69) is 27.9 Å². The number of benzene rings is 1. The quantitative estimate of drug-likeness (QED) is 0.674. The first-order chi connectivity index (χ1) is 13.6. The largest absolute Gasteiger partial charge is 0.332 e. The van der Waals surface area contributed by atoms with Crippen molar-refractivity contribution in [1.82, 2.24) is 9.62 Å². The number of amides is 2. The van der Waals surface area contributed by atoms with Crippen LogP contribution in [0.25, 0.3) is 0 Å². The molecule has 162 valence electrons. The van der Waals surface area contributed by atoms with Crippen LogP contribution >= 0.6 is 0 Å². The van der Waals surface area contributed by atoms with Gasteiger partial charge < -0.3 is 10.2 Å². The van der Waals surface area contributed by atoms with Crippen molar-refractivity contribution in [3.63, 3.8) is 0 Å². The third-order valence-corrected chi connectivity index (χ3v) is 7.50. The van der Waals surface area contributed by atoms with Gasteiger partial charge in [0.1, 0.15) is 0 Å². The molecule has 0 spiro atoms. The Labute approximate surface area is 175 Å². The van der Waals surface area contributed by atoms with Crippen molar-refractivity contribution in [2.24, 2.45) is 5.41 Å². The first-order valence-electron chi connectivity index (χ1n) is 10.8. The molecule has 0 atom stereocenters. The molecule has 0 aliphatic heterocycles. The Morgan fingerprint density at radius 1 is 1.10 bits per heavy atom. The summed E-state index contributed by atoms with van der Waals surface area (Å²) >= 11 is 0. The average Bonchev–Trinajstić information content (AvgIpc) is 3.20. The van der Waals surface area contributed by atoms with Gasteiger partial charge in [-0.1, -0.05) is 26.8 Å². The predicted octanol–water partition coefficient (Wildman–Crippen LogP) is 3.48. The molecule has 29 heavy (non-hydrogen) atoms. The average molecular weight is 422 g/mol. The van der Waals surface area contributed by atoms with E-state index in [1.54, 1.807) is 0 Å². The van der Waals surface area contributed by atoms with Crippen LogP contribution in [0.5, 0.6) is 0 Å². The fourth-order valence-electron chi connectivity index (χ4n) is 5.04. The van der Waals surface area contributed by atoms with Gasteiger partial charge in [-0.15, -0.1) is 0 Å². The minimum absolute atomic E-state index is 0.0908. The number of carbonyl (C=O) groups is 1. The van der Waals surface area contributed by atoms with Crippen LogP contribution in [0.1, 0.15) is 62.3 Å². The topological polar surface area (TPSA) is 78.5 Å². The zero-order valence-corrected chi connectivity index (χ0v) is 19.0. The van der Waals surface area contributed by atoms with Crippen molar-refractivity contribution in [3.05, 3.63) is 28.3 Å². The number of urea groups is 1. The Balaban J connectivity index is 1.68. The molecule has 0 heterocycles. The number of sulfonamides is 1. The lowest BCUT2D eigenvalue weighted by Crippen LogP contribution is -2.43. The number of hydrogen-bond donors (Lipinski definition) is 2. The van der Waals surface area contributed by atoms with Crippen LogP contribution < -0.4 is 10.0 Å². The summed E-state index contributed by atoms with van der Waals surface area (Å²) in [6.07, 6.45) is 7.17. The summed E-state index contributed by atoms with van der Waals surface area (Å²) < 4.78 is 27.6. The van der Waals surface area contributed by atoms with Gasteiger partial charge in [-0.05, 0) is 86.2 Å². The summed E-state index contributed by atoms with van der Waals surface area (Å²) in [6, 6.07) is 1.65. The highest BCUT2D eigenvalue weighted by Crippen LogP contribution is 2.38. The zero-order valence-electron chi connectivity index (χ0n) is 18.2. The van der Waals surface area contributed by atoms with Crippen molar-refractivity contribution >= 4 is 21.7 Å². The molecular formula is C22H35N3O3S. The van der Waals surface area contributed by atoms with Crippen LogP contribution in [-0.4, -0.2) is 45.2 Å². The molecule has 7 heteroatoms. The van der Waals surface area contributed by atoms with Crippen LogP contribution in [0, 0.1) is 5.41 Å². The molecule has 6 nitrogen and oxygen atoms in total. The van der Waals surface area contributed by atoms with Crippen molar-refractivity contribution in [1.29, 1.82) is 0 Å². The summed E-state index contributed by atoms with van der Waals surface area (Å²) in [6.45, 7) is 7.52. The van der Waals surface area contributed by atoms with E-state index in [1.165, 1.54) is 22.3 Å². The summed E-state index contributed by atoms with van der Waals surface area (Å²) in [5.74, 6) is -0.0908. The van der Waals surface area contributed by atoms with E-state index in [-0.39, 0.29) is 5.75 Å². The molecule has 0 saturated heterocycles. The molecule has 1 aromatic carbocycles. The van der Waals surface area contributed by atoms with Gasteiger partial charge in [0.2, 0.25) is 10.0 Å². The number of aryl methyl sites for hydroxylation is 2. The van der Waals surface area contributed by atoms with Gasteiger partial charge >= 0.3 is 6.03 Å². The van der Waals surface area contributed by atoms with Gasteiger partial charge in [0.05, 0.1) is 5.75 Å². The monoisotopic (exact) mass is 421 g/mol. The number of anilines is 1. The van der Waals surface area contributed by atoms with Crippen molar-refractivity contribution < 1.29 is 13.2 Å². The lowest BCUT2D eigenvalue weighted by atomic mass is 9.96. The SMILES string of the molecule is CCCN(C)CC(C)(C)CS(=O)(=O)NC(=O)Nc1c2c(cc3c1CCC3)CCC2. The second-order valence-corrected chi connectivity index (χ2v) is 11.2. The smallest absolute Gasteiger partial charge is 0.307 e. The molecule has 2 aliphatic carbocycles. The highest BCUT2D eigenvalue weighted by molar-refractivity contribution is 7.90. The van der Waals surface area contributed by atoms with Gasteiger partial charge in [0.15, 0.2) is 0 Å². The Hall–Kier alpha value is -1.60. The minimum Gasteiger partial charge on any atom is -0.307 e. The molecule has 2 N–H and O–H groups in total. The maximum Gasteiger partial charge on any atom is 0.332 e. The lowest BCUT2D eigenvalue weighted by molar-refractivity contribution is 0.229. The molecule has 3 rings (SSSR count). The Morgan fingerprint density at radius 3 is 2.24 bits per heavy atom. The van der Waals surface area contributed by atoms with Gasteiger partial charge in [-0.2, -0.15) is 0 Å². The van der Waals surface area contributed by atoms with Crippen LogP contribution in [0.3, 0.4) is 0 Å². The number of nitrogens with one attached hydrogen (secondary N) is 2. The summed E-state index contributed by atoms with van der Waals surface area (Å²) in [5.41, 5.74) is 5.42. The van der Waals surface area contributed by atoms with Crippen molar-refractivity contribution in [2.75, 3.05) is 31.2 Å². The van der Waals surface area contributed by atoms with Gasteiger partial charge in [0.25, 0.3) is 0 Å². The highest BCUT2D eigenvalue weighted by atomic mass is 32.2. The van der Waals surface area contributed by atoms with E-state index in [4.69, 9.17) is 0 Å². The van der Waals surface area contributed by atoms with Crippen molar-refractivity contribution in [3.8, 4) is 0 Å². The maximum atomic E-state index is 12.7. The third kappa shape index (κ3) is 5.51. The maximum absolute atomic E-state index is 12.7. The molecular weight excluding hydrogens is 386 g/mol. The minimum atomic E-state index is -3.74. The molecule has 2 aliphatic rings. The zero-order chi connectivity index (χ0) is 21.2. The Kier molecular flexibility index (Phi) is 6.58. The molecule has 1 aromatic rings. The van der Waals surface area contributed by atoms with Crippen LogP contribution in [0.15, 0.2) is 6.07 Å². The van der Waals surface area contributed by atoms with Crippen molar-refractivity contribution in [2.45, 2.75) is 65.7 Å². The highest BCUT2D eigenvalue weighted by Gasteiger charge is 2.30. The molecule has 0 aromatic heterocycles. The lowest BCUT2D eigenvalue weighted by Gasteiger charge is -2.29. The van der Waals surface area contributed by atoms with Gasteiger partial charge in [0, 0.05) is 12.2 Å². The molecule has 2 amide bonds. The number of rotatable bonds is 8.